The second kappa shape index (κ2) is 4.68. The summed E-state index contributed by atoms with van der Waals surface area (Å²) in [5.74, 6) is 1.86. The Hall–Kier alpha value is -2.44. The summed E-state index contributed by atoms with van der Waals surface area (Å²) in [6.07, 6.45) is 2.59. The number of aryl methyl sites for hydroxylation is 2. The third-order valence-electron chi connectivity index (χ3n) is 2.67. The molecule has 3 heterocycles. The second-order valence-corrected chi connectivity index (χ2v) is 4.36. The lowest BCUT2D eigenvalue weighted by Gasteiger charge is -1.96. The van der Waals surface area contributed by atoms with Gasteiger partial charge in [0.1, 0.15) is 0 Å². The molecule has 3 aromatic rings. The summed E-state index contributed by atoms with van der Waals surface area (Å²) in [7, 11) is 0. The highest BCUT2D eigenvalue weighted by atomic mass is 16.5. The molecule has 0 radical (unpaired) electrons. The van der Waals surface area contributed by atoms with E-state index in [1.54, 1.807) is 11.4 Å². The molecule has 0 aliphatic heterocycles. The minimum Gasteiger partial charge on any atom is -0.352 e. The number of nitrogens with zero attached hydrogens (tertiary/aromatic N) is 5. The fourth-order valence-electron chi connectivity index (χ4n) is 1.78. The molecule has 1 N–H and O–H groups in total. The van der Waals surface area contributed by atoms with Crippen LogP contribution >= 0.6 is 0 Å². The molecule has 0 amide bonds. The maximum absolute atomic E-state index is 5.03. The molecule has 7 nitrogen and oxygen atoms in total. The molecule has 0 saturated heterocycles. The molecule has 0 saturated carbocycles. The SMILES string of the molecule is Cc1ccc2nc(NCCc3nc(C)no3)nn2c1. The van der Waals surface area contributed by atoms with Gasteiger partial charge in [-0.2, -0.15) is 9.97 Å². The van der Waals surface area contributed by atoms with Crippen LogP contribution in [0.25, 0.3) is 5.65 Å². The molecule has 7 heteroatoms. The summed E-state index contributed by atoms with van der Waals surface area (Å²) >= 11 is 0. The van der Waals surface area contributed by atoms with E-state index in [0.29, 0.717) is 30.6 Å². The predicted octanol–water partition coefficient (Wildman–Crippen LogP) is 1.38. The van der Waals surface area contributed by atoms with Crippen LogP contribution < -0.4 is 5.32 Å². The van der Waals surface area contributed by atoms with E-state index in [4.69, 9.17) is 4.52 Å². The molecule has 0 aliphatic carbocycles. The third kappa shape index (κ3) is 2.54. The van der Waals surface area contributed by atoms with Crippen molar-refractivity contribution in [3.63, 3.8) is 0 Å². The highest BCUT2D eigenvalue weighted by Gasteiger charge is 2.05. The van der Waals surface area contributed by atoms with Crippen LogP contribution in [0, 0.1) is 13.8 Å². The first-order chi connectivity index (χ1) is 9.20. The molecule has 3 rings (SSSR count). The molecule has 3 aromatic heterocycles. The van der Waals surface area contributed by atoms with Gasteiger partial charge in [-0.25, -0.2) is 4.52 Å². The zero-order valence-corrected chi connectivity index (χ0v) is 10.8. The first kappa shape index (κ1) is 11.6. The van der Waals surface area contributed by atoms with Crippen LogP contribution in [-0.2, 0) is 6.42 Å². The summed E-state index contributed by atoms with van der Waals surface area (Å²) < 4.78 is 6.79. The molecular weight excluding hydrogens is 244 g/mol. The van der Waals surface area contributed by atoms with Gasteiger partial charge in [-0.05, 0) is 25.5 Å². The van der Waals surface area contributed by atoms with Gasteiger partial charge in [-0.3, -0.25) is 0 Å². The smallest absolute Gasteiger partial charge is 0.243 e. The monoisotopic (exact) mass is 258 g/mol. The number of nitrogens with one attached hydrogen (secondary N) is 1. The van der Waals surface area contributed by atoms with Crippen LogP contribution in [0.5, 0.6) is 0 Å². The lowest BCUT2D eigenvalue weighted by atomic mass is 10.3. The van der Waals surface area contributed by atoms with Crippen molar-refractivity contribution < 1.29 is 4.52 Å². The Morgan fingerprint density at radius 1 is 1.26 bits per heavy atom. The predicted molar refractivity (Wildman–Crippen MR) is 69.0 cm³/mol. The van der Waals surface area contributed by atoms with E-state index in [0.717, 1.165) is 11.2 Å². The van der Waals surface area contributed by atoms with Crippen molar-refractivity contribution in [3.05, 3.63) is 35.6 Å². The van der Waals surface area contributed by atoms with Crippen LogP contribution in [0.1, 0.15) is 17.3 Å². The molecule has 19 heavy (non-hydrogen) atoms. The average molecular weight is 258 g/mol. The summed E-state index contributed by atoms with van der Waals surface area (Å²) in [5.41, 5.74) is 1.96. The number of anilines is 1. The van der Waals surface area contributed by atoms with Crippen molar-refractivity contribution in [1.82, 2.24) is 24.7 Å². The number of fused-ring (bicyclic) bond motifs is 1. The Labute approximate surface area is 109 Å². The second-order valence-electron chi connectivity index (χ2n) is 4.36. The van der Waals surface area contributed by atoms with Crippen LogP contribution in [0.2, 0.25) is 0 Å². The Morgan fingerprint density at radius 3 is 2.95 bits per heavy atom. The zero-order valence-electron chi connectivity index (χ0n) is 10.8. The van der Waals surface area contributed by atoms with Gasteiger partial charge in [0.2, 0.25) is 11.8 Å². The van der Waals surface area contributed by atoms with Crippen molar-refractivity contribution in [2.75, 3.05) is 11.9 Å². The van der Waals surface area contributed by atoms with Crippen molar-refractivity contribution in [3.8, 4) is 0 Å². The number of aromatic nitrogens is 5. The van der Waals surface area contributed by atoms with Gasteiger partial charge < -0.3 is 9.84 Å². The molecule has 0 bridgehead atoms. The minimum absolute atomic E-state index is 0.599. The zero-order chi connectivity index (χ0) is 13.2. The molecule has 0 unspecified atom stereocenters. The van der Waals surface area contributed by atoms with Crippen molar-refractivity contribution in [2.24, 2.45) is 0 Å². The number of hydrogen-bond acceptors (Lipinski definition) is 6. The van der Waals surface area contributed by atoms with Crippen LogP contribution in [0.3, 0.4) is 0 Å². The first-order valence-electron chi connectivity index (χ1n) is 6.07. The van der Waals surface area contributed by atoms with Crippen molar-refractivity contribution in [1.29, 1.82) is 0 Å². The summed E-state index contributed by atoms with van der Waals surface area (Å²) in [6, 6.07) is 3.95. The number of pyridine rings is 1. The normalized spacial score (nSPS) is 11.1. The van der Waals surface area contributed by atoms with Gasteiger partial charge in [-0.1, -0.05) is 11.2 Å². The Morgan fingerprint density at radius 2 is 2.16 bits per heavy atom. The summed E-state index contributed by atoms with van der Waals surface area (Å²) in [6.45, 7) is 4.47. The molecule has 0 atom stereocenters. The fourth-order valence-corrected chi connectivity index (χ4v) is 1.78. The van der Waals surface area contributed by atoms with E-state index < -0.39 is 0 Å². The topological polar surface area (TPSA) is 81.1 Å². The molecule has 0 aromatic carbocycles. The lowest BCUT2D eigenvalue weighted by molar-refractivity contribution is 0.377. The fraction of sp³-hybridized carbons (Fsp3) is 0.333. The molecule has 0 aliphatic rings. The largest absolute Gasteiger partial charge is 0.352 e. The Balaban J connectivity index is 1.65. The van der Waals surface area contributed by atoms with Crippen molar-refractivity contribution >= 4 is 11.6 Å². The van der Waals surface area contributed by atoms with Gasteiger partial charge in [-0.15, -0.1) is 5.10 Å². The van der Waals surface area contributed by atoms with E-state index in [-0.39, 0.29) is 0 Å². The number of hydrogen-bond donors (Lipinski definition) is 1. The Kier molecular flexibility index (Phi) is 2.86. The quantitative estimate of drug-likeness (QED) is 0.761. The van der Waals surface area contributed by atoms with E-state index >= 15 is 0 Å². The van der Waals surface area contributed by atoms with E-state index in [1.807, 2.05) is 25.3 Å². The standard InChI is InChI=1S/C12H14N6O/c1-8-3-4-10-15-12(16-18(10)7-8)13-6-5-11-14-9(2)17-19-11/h3-4,7H,5-6H2,1-2H3,(H,13,16). The summed E-state index contributed by atoms with van der Waals surface area (Å²) in [5, 5.41) is 11.2. The van der Waals surface area contributed by atoms with Gasteiger partial charge in [0.25, 0.3) is 0 Å². The molecule has 0 spiro atoms. The van der Waals surface area contributed by atoms with E-state index in [2.05, 4.69) is 25.5 Å². The Bertz CT molecular complexity index is 701. The highest BCUT2D eigenvalue weighted by Crippen LogP contribution is 2.07. The van der Waals surface area contributed by atoms with Crippen LogP contribution in [0.15, 0.2) is 22.9 Å². The number of rotatable bonds is 4. The third-order valence-corrected chi connectivity index (χ3v) is 2.67. The van der Waals surface area contributed by atoms with E-state index in [1.165, 1.54) is 0 Å². The molecule has 0 fully saturated rings. The molecular formula is C12H14N6O. The average Bonchev–Trinajstić information content (AvgIpc) is 2.95. The van der Waals surface area contributed by atoms with E-state index in [9.17, 15) is 0 Å². The van der Waals surface area contributed by atoms with Crippen LogP contribution in [-0.4, -0.2) is 31.3 Å². The van der Waals surface area contributed by atoms with Gasteiger partial charge >= 0.3 is 0 Å². The lowest BCUT2D eigenvalue weighted by Crippen LogP contribution is -2.06. The minimum atomic E-state index is 0.599. The van der Waals surface area contributed by atoms with Crippen LogP contribution in [0.4, 0.5) is 5.95 Å². The molecule has 98 valence electrons. The summed E-state index contributed by atoms with van der Waals surface area (Å²) in [4.78, 5) is 8.50. The maximum atomic E-state index is 5.03. The van der Waals surface area contributed by atoms with Gasteiger partial charge in [0.05, 0.1) is 0 Å². The van der Waals surface area contributed by atoms with Gasteiger partial charge in [0, 0.05) is 19.2 Å². The first-order valence-corrected chi connectivity index (χ1v) is 6.07. The highest BCUT2D eigenvalue weighted by molar-refractivity contribution is 5.44. The van der Waals surface area contributed by atoms with Gasteiger partial charge in [0.15, 0.2) is 11.5 Å². The van der Waals surface area contributed by atoms with Crippen molar-refractivity contribution in [2.45, 2.75) is 20.3 Å². The maximum Gasteiger partial charge on any atom is 0.243 e.